The van der Waals surface area contributed by atoms with E-state index < -0.39 is 6.10 Å². The van der Waals surface area contributed by atoms with E-state index in [4.69, 9.17) is 0 Å². The van der Waals surface area contributed by atoms with Crippen molar-refractivity contribution in [1.82, 2.24) is 15.3 Å². The van der Waals surface area contributed by atoms with E-state index >= 15 is 0 Å². The largest absolute Gasteiger partial charge is 0.387 e. The van der Waals surface area contributed by atoms with Gasteiger partial charge < -0.3 is 15.7 Å². The van der Waals surface area contributed by atoms with E-state index in [0.717, 1.165) is 43.0 Å². The van der Waals surface area contributed by atoms with Crippen LogP contribution in [0.1, 0.15) is 36.1 Å². The molecular weight excluding hydrogens is 276 g/mol. The van der Waals surface area contributed by atoms with Crippen LogP contribution in [0.2, 0.25) is 0 Å². The summed E-state index contributed by atoms with van der Waals surface area (Å²) < 4.78 is 0. The van der Waals surface area contributed by atoms with E-state index in [1.165, 1.54) is 0 Å². The Hall–Kier alpha value is -1.98. The van der Waals surface area contributed by atoms with E-state index in [9.17, 15) is 5.11 Å². The van der Waals surface area contributed by atoms with Gasteiger partial charge in [0.15, 0.2) is 0 Å². The minimum absolute atomic E-state index is 0.437. The molecule has 1 aliphatic heterocycles. The van der Waals surface area contributed by atoms with Gasteiger partial charge in [0, 0.05) is 24.2 Å². The standard InChI is InChI=1S/C17H22N4O/c22-16(14-4-2-1-3-5-14)11-19-17-10-15(20-12-21-17)13-6-8-18-9-7-13/h1-5,10,12-13,16,18,22H,6-9,11H2,(H,19,20,21). The highest BCUT2D eigenvalue weighted by Crippen LogP contribution is 2.24. The Morgan fingerprint density at radius 3 is 2.73 bits per heavy atom. The minimum atomic E-state index is -0.543. The second kappa shape index (κ2) is 7.33. The van der Waals surface area contributed by atoms with Crippen molar-refractivity contribution >= 4 is 5.82 Å². The first-order valence-corrected chi connectivity index (χ1v) is 7.82. The summed E-state index contributed by atoms with van der Waals surface area (Å²) >= 11 is 0. The maximum Gasteiger partial charge on any atom is 0.129 e. The molecule has 1 fully saturated rings. The number of aliphatic hydroxyl groups is 1. The fraction of sp³-hybridized carbons (Fsp3) is 0.412. The van der Waals surface area contributed by atoms with Crippen molar-refractivity contribution in [3.63, 3.8) is 0 Å². The van der Waals surface area contributed by atoms with Gasteiger partial charge in [0.05, 0.1) is 6.10 Å². The predicted octanol–water partition coefficient (Wildman–Crippen LogP) is 2.09. The topological polar surface area (TPSA) is 70.1 Å². The zero-order valence-electron chi connectivity index (χ0n) is 12.6. The van der Waals surface area contributed by atoms with Crippen LogP contribution in [-0.2, 0) is 0 Å². The third kappa shape index (κ3) is 3.81. The van der Waals surface area contributed by atoms with Crippen molar-refractivity contribution in [2.75, 3.05) is 25.0 Å². The number of hydrogen-bond acceptors (Lipinski definition) is 5. The van der Waals surface area contributed by atoms with Crippen molar-refractivity contribution in [1.29, 1.82) is 0 Å². The Labute approximate surface area is 130 Å². The molecule has 1 unspecified atom stereocenters. The zero-order valence-corrected chi connectivity index (χ0v) is 12.6. The van der Waals surface area contributed by atoms with Crippen LogP contribution < -0.4 is 10.6 Å². The van der Waals surface area contributed by atoms with E-state index in [1.807, 2.05) is 36.4 Å². The third-order valence-electron chi connectivity index (χ3n) is 4.11. The average molecular weight is 298 g/mol. The molecule has 0 saturated carbocycles. The first-order chi connectivity index (χ1) is 10.8. The van der Waals surface area contributed by atoms with Gasteiger partial charge in [-0.3, -0.25) is 0 Å². The lowest BCUT2D eigenvalue weighted by Gasteiger charge is -2.22. The molecule has 0 radical (unpaired) electrons. The fourth-order valence-electron chi connectivity index (χ4n) is 2.80. The second-order valence-corrected chi connectivity index (χ2v) is 5.66. The van der Waals surface area contributed by atoms with Crippen LogP contribution in [0.4, 0.5) is 5.82 Å². The molecule has 2 heterocycles. The number of anilines is 1. The lowest BCUT2D eigenvalue weighted by atomic mass is 9.94. The molecule has 0 spiro atoms. The lowest BCUT2D eigenvalue weighted by molar-refractivity contribution is 0.191. The molecule has 1 saturated heterocycles. The van der Waals surface area contributed by atoms with Gasteiger partial charge in [0.1, 0.15) is 12.1 Å². The van der Waals surface area contributed by atoms with Crippen molar-refractivity contribution < 1.29 is 5.11 Å². The Kier molecular flexibility index (Phi) is 4.98. The molecule has 0 aliphatic carbocycles. The molecule has 0 bridgehead atoms. The maximum atomic E-state index is 10.2. The van der Waals surface area contributed by atoms with E-state index in [2.05, 4.69) is 20.6 Å². The Morgan fingerprint density at radius 2 is 1.95 bits per heavy atom. The van der Waals surface area contributed by atoms with Gasteiger partial charge in [0.2, 0.25) is 0 Å². The summed E-state index contributed by atoms with van der Waals surface area (Å²) in [5, 5.41) is 16.8. The van der Waals surface area contributed by atoms with Crippen molar-refractivity contribution in [2.45, 2.75) is 24.9 Å². The van der Waals surface area contributed by atoms with E-state index in [0.29, 0.717) is 12.5 Å². The summed E-state index contributed by atoms with van der Waals surface area (Å²) in [5.74, 6) is 1.28. The van der Waals surface area contributed by atoms with Crippen LogP contribution >= 0.6 is 0 Å². The summed E-state index contributed by atoms with van der Waals surface area (Å²) in [6.07, 6.45) is 3.29. The average Bonchev–Trinajstić information content (AvgIpc) is 2.61. The van der Waals surface area contributed by atoms with Crippen LogP contribution in [0, 0.1) is 0 Å². The molecule has 1 aromatic heterocycles. The SMILES string of the molecule is OC(CNc1cc(C2CCNCC2)ncn1)c1ccccc1. The van der Waals surface area contributed by atoms with Crippen LogP contribution in [-0.4, -0.2) is 34.7 Å². The van der Waals surface area contributed by atoms with Gasteiger partial charge in [-0.2, -0.15) is 0 Å². The summed E-state index contributed by atoms with van der Waals surface area (Å²) in [6, 6.07) is 11.7. The first-order valence-electron chi connectivity index (χ1n) is 7.82. The van der Waals surface area contributed by atoms with Crippen LogP contribution in [0.15, 0.2) is 42.7 Å². The molecule has 1 aromatic carbocycles. The number of hydrogen-bond donors (Lipinski definition) is 3. The number of benzene rings is 1. The van der Waals surface area contributed by atoms with Gasteiger partial charge in [-0.15, -0.1) is 0 Å². The molecule has 22 heavy (non-hydrogen) atoms. The number of piperidine rings is 1. The molecule has 2 aromatic rings. The summed E-state index contributed by atoms with van der Waals surface area (Å²) in [7, 11) is 0. The number of nitrogens with zero attached hydrogens (tertiary/aromatic N) is 2. The summed E-state index contributed by atoms with van der Waals surface area (Å²) in [4.78, 5) is 8.66. The molecule has 3 N–H and O–H groups in total. The Balaban J connectivity index is 1.60. The molecule has 5 heteroatoms. The second-order valence-electron chi connectivity index (χ2n) is 5.66. The first kappa shape index (κ1) is 14.9. The maximum absolute atomic E-state index is 10.2. The highest BCUT2D eigenvalue weighted by atomic mass is 16.3. The van der Waals surface area contributed by atoms with Crippen molar-refractivity contribution in [2.24, 2.45) is 0 Å². The van der Waals surface area contributed by atoms with Gasteiger partial charge in [0.25, 0.3) is 0 Å². The predicted molar refractivity (Wildman–Crippen MR) is 86.8 cm³/mol. The van der Waals surface area contributed by atoms with Crippen molar-refractivity contribution in [3.8, 4) is 0 Å². The van der Waals surface area contributed by atoms with Crippen LogP contribution in [0.5, 0.6) is 0 Å². The van der Waals surface area contributed by atoms with Gasteiger partial charge >= 0.3 is 0 Å². The smallest absolute Gasteiger partial charge is 0.129 e. The molecule has 1 aliphatic rings. The molecule has 1 atom stereocenters. The highest BCUT2D eigenvalue weighted by molar-refractivity contribution is 5.36. The Bertz CT molecular complexity index is 584. The summed E-state index contributed by atoms with van der Waals surface area (Å²) in [6.45, 7) is 2.53. The van der Waals surface area contributed by atoms with Crippen molar-refractivity contribution in [3.05, 3.63) is 54.0 Å². The monoisotopic (exact) mass is 298 g/mol. The van der Waals surface area contributed by atoms with Crippen LogP contribution in [0.25, 0.3) is 0 Å². The number of aliphatic hydroxyl groups excluding tert-OH is 1. The van der Waals surface area contributed by atoms with Gasteiger partial charge in [-0.05, 0) is 31.5 Å². The van der Waals surface area contributed by atoms with E-state index in [-0.39, 0.29) is 0 Å². The molecular formula is C17H22N4O. The number of aromatic nitrogens is 2. The molecule has 5 nitrogen and oxygen atoms in total. The van der Waals surface area contributed by atoms with Crippen LogP contribution in [0.3, 0.4) is 0 Å². The highest BCUT2D eigenvalue weighted by Gasteiger charge is 2.17. The quantitative estimate of drug-likeness (QED) is 0.788. The lowest BCUT2D eigenvalue weighted by Crippen LogP contribution is -2.27. The van der Waals surface area contributed by atoms with Gasteiger partial charge in [-0.1, -0.05) is 30.3 Å². The third-order valence-corrected chi connectivity index (χ3v) is 4.11. The zero-order chi connectivity index (χ0) is 15.2. The normalized spacial score (nSPS) is 17.1. The fourth-order valence-corrected chi connectivity index (χ4v) is 2.80. The number of nitrogens with one attached hydrogen (secondary N) is 2. The molecule has 116 valence electrons. The molecule has 0 amide bonds. The van der Waals surface area contributed by atoms with E-state index in [1.54, 1.807) is 6.33 Å². The summed E-state index contributed by atoms with van der Waals surface area (Å²) in [5.41, 5.74) is 2.00. The van der Waals surface area contributed by atoms with Gasteiger partial charge in [-0.25, -0.2) is 9.97 Å². The number of rotatable bonds is 5. The molecule has 3 rings (SSSR count). The Morgan fingerprint density at radius 1 is 1.18 bits per heavy atom. The minimum Gasteiger partial charge on any atom is -0.387 e.